The first-order valence-corrected chi connectivity index (χ1v) is 9.56. The van der Waals surface area contributed by atoms with Gasteiger partial charge in [0.2, 0.25) is 0 Å². The fraction of sp³-hybridized carbons (Fsp3) is 0.429. The van der Waals surface area contributed by atoms with Gasteiger partial charge in [0.25, 0.3) is 5.91 Å². The van der Waals surface area contributed by atoms with Crippen LogP contribution in [0.15, 0.2) is 41.0 Å². The molecule has 7 nitrogen and oxygen atoms in total. The molecule has 1 fully saturated rings. The molecule has 2 aromatic rings. The number of morpholine rings is 1. The lowest BCUT2D eigenvalue weighted by atomic mass is 10.1. The van der Waals surface area contributed by atoms with Crippen LogP contribution >= 0.6 is 0 Å². The lowest BCUT2D eigenvalue weighted by Gasteiger charge is -2.32. The van der Waals surface area contributed by atoms with E-state index in [2.05, 4.69) is 24.0 Å². The molecule has 0 radical (unpaired) electrons. The number of para-hydroxylation sites is 1. The molecule has 1 aromatic carbocycles. The predicted molar refractivity (Wildman–Crippen MR) is 102 cm³/mol. The van der Waals surface area contributed by atoms with E-state index in [1.165, 1.54) is 11.3 Å². The number of fused-ring (bicyclic) bond motifs is 1. The average molecular weight is 384 g/mol. The average Bonchev–Trinajstić information content (AvgIpc) is 3.26. The summed E-state index contributed by atoms with van der Waals surface area (Å²) in [7, 11) is 0. The highest BCUT2D eigenvalue weighted by atomic mass is 16.5. The molecule has 1 amide bonds. The number of ether oxygens (including phenoxy) is 1. The minimum absolute atomic E-state index is 0.114. The van der Waals surface area contributed by atoms with Crippen molar-refractivity contribution in [2.45, 2.75) is 38.5 Å². The van der Waals surface area contributed by atoms with Crippen LogP contribution in [0.3, 0.4) is 0 Å². The number of carbonyl (C=O) groups is 2. The van der Waals surface area contributed by atoms with Gasteiger partial charge in [-0.05, 0) is 31.0 Å². The Bertz CT molecular complexity index is 877. The number of aliphatic carboxylic acids is 1. The quantitative estimate of drug-likeness (QED) is 0.853. The van der Waals surface area contributed by atoms with Gasteiger partial charge in [-0.1, -0.05) is 18.2 Å². The van der Waals surface area contributed by atoms with E-state index in [-0.39, 0.29) is 18.9 Å². The Morgan fingerprint density at radius 3 is 2.89 bits per heavy atom. The molecule has 2 unspecified atom stereocenters. The van der Waals surface area contributed by atoms with E-state index in [4.69, 9.17) is 14.3 Å². The number of furan rings is 1. The molecule has 2 aliphatic rings. The highest BCUT2D eigenvalue weighted by molar-refractivity contribution is 5.93. The summed E-state index contributed by atoms with van der Waals surface area (Å²) in [6, 6.07) is 10.5. The third-order valence-corrected chi connectivity index (χ3v) is 5.46. The number of benzene rings is 1. The predicted octanol–water partition coefficient (Wildman–Crippen LogP) is 2.55. The summed E-state index contributed by atoms with van der Waals surface area (Å²) in [5.41, 5.74) is 3.35. The van der Waals surface area contributed by atoms with Gasteiger partial charge in [-0.2, -0.15) is 0 Å². The minimum atomic E-state index is -0.931. The first-order chi connectivity index (χ1) is 13.5. The van der Waals surface area contributed by atoms with Gasteiger partial charge in [0.15, 0.2) is 5.76 Å². The van der Waals surface area contributed by atoms with Crippen LogP contribution in [0.4, 0.5) is 5.69 Å². The zero-order valence-electron chi connectivity index (χ0n) is 15.8. The fourth-order valence-corrected chi connectivity index (χ4v) is 4.07. The summed E-state index contributed by atoms with van der Waals surface area (Å²) < 4.78 is 11.0. The van der Waals surface area contributed by atoms with Crippen LogP contribution in [0.2, 0.25) is 0 Å². The lowest BCUT2D eigenvalue weighted by molar-refractivity contribution is -0.141. The number of anilines is 1. The molecule has 2 atom stereocenters. The molecule has 0 bridgehead atoms. The number of hydrogen-bond donors (Lipinski definition) is 1. The summed E-state index contributed by atoms with van der Waals surface area (Å²) in [5.74, 6) is -0.814. The molecule has 1 saturated heterocycles. The van der Waals surface area contributed by atoms with Crippen molar-refractivity contribution in [3.05, 3.63) is 53.5 Å². The second-order valence-corrected chi connectivity index (χ2v) is 7.43. The molecular weight excluding hydrogens is 360 g/mol. The second-order valence-electron chi connectivity index (χ2n) is 7.43. The van der Waals surface area contributed by atoms with E-state index in [0.29, 0.717) is 31.5 Å². The van der Waals surface area contributed by atoms with E-state index in [1.54, 1.807) is 11.2 Å². The number of carbonyl (C=O) groups excluding carboxylic acids is 1. The standard InChI is InChI=1S/C21H24N2O5/c1-14-10-15-4-2-3-5-18(15)23(14)12-16-6-8-28-20(16)21(26)22-7-9-27-17(13-22)11-19(24)25/h2-6,8,14,17H,7,9-13H2,1H3,(H,24,25). The molecule has 4 rings (SSSR count). The number of nitrogens with zero attached hydrogens (tertiary/aromatic N) is 2. The molecule has 0 saturated carbocycles. The molecule has 28 heavy (non-hydrogen) atoms. The normalized spacial score (nSPS) is 21.6. The monoisotopic (exact) mass is 384 g/mol. The number of carboxylic acid groups (broad SMARTS) is 1. The molecule has 3 heterocycles. The Balaban J connectivity index is 1.50. The van der Waals surface area contributed by atoms with Crippen molar-refractivity contribution in [3.8, 4) is 0 Å². The van der Waals surface area contributed by atoms with Crippen molar-refractivity contribution < 1.29 is 23.8 Å². The molecule has 1 aromatic heterocycles. The Morgan fingerprint density at radius 1 is 1.25 bits per heavy atom. The largest absolute Gasteiger partial charge is 0.481 e. The van der Waals surface area contributed by atoms with Crippen LogP contribution < -0.4 is 4.90 Å². The van der Waals surface area contributed by atoms with Crippen molar-refractivity contribution in [2.75, 3.05) is 24.6 Å². The fourth-order valence-electron chi connectivity index (χ4n) is 4.07. The number of hydrogen-bond acceptors (Lipinski definition) is 5. The third-order valence-electron chi connectivity index (χ3n) is 5.46. The van der Waals surface area contributed by atoms with Crippen molar-refractivity contribution >= 4 is 17.6 Å². The maximum Gasteiger partial charge on any atom is 0.306 e. The molecule has 2 aliphatic heterocycles. The third kappa shape index (κ3) is 3.62. The van der Waals surface area contributed by atoms with Gasteiger partial charge in [0.1, 0.15) is 0 Å². The van der Waals surface area contributed by atoms with Crippen LogP contribution in [-0.2, 0) is 22.5 Å². The number of rotatable bonds is 5. The summed E-state index contributed by atoms with van der Waals surface area (Å²) in [4.78, 5) is 27.9. The van der Waals surface area contributed by atoms with Gasteiger partial charge in [-0.25, -0.2) is 0 Å². The zero-order chi connectivity index (χ0) is 19.7. The second kappa shape index (κ2) is 7.67. The summed E-state index contributed by atoms with van der Waals surface area (Å²) in [5, 5.41) is 8.98. The van der Waals surface area contributed by atoms with Gasteiger partial charge in [-0.15, -0.1) is 0 Å². The minimum Gasteiger partial charge on any atom is -0.481 e. The topological polar surface area (TPSA) is 83.2 Å². The molecular formula is C21H24N2O5. The number of amides is 1. The van der Waals surface area contributed by atoms with Crippen LogP contribution in [0.5, 0.6) is 0 Å². The number of carboxylic acids is 1. The lowest BCUT2D eigenvalue weighted by Crippen LogP contribution is -2.46. The van der Waals surface area contributed by atoms with Crippen LogP contribution in [0, 0.1) is 0 Å². The Labute approximate surface area is 163 Å². The van der Waals surface area contributed by atoms with Gasteiger partial charge in [0, 0.05) is 36.9 Å². The maximum absolute atomic E-state index is 13.0. The van der Waals surface area contributed by atoms with Crippen molar-refractivity contribution in [2.24, 2.45) is 0 Å². The summed E-state index contributed by atoms with van der Waals surface area (Å²) in [6.45, 7) is 3.79. The van der Waals surface area contributed by atoms with Gasteiger partial charge in [-0.3, -0.25) is 9.59 Å². The molecule has 148 valence electrons. The van der Waals surface area contributed by atoms with Gasteiger partial charge < -0.3 is 24.1 Å². The first-order valence-electron chi connectivity index (χ1n) is 9.56. The molecule has 0 aliphatic carbocycles. The van der Waals surface area contributed by atoms with Gasteiger partial charge in [0.05, 0.1) is 25.4 Å². The molecule has 0 spiro atoms. The highest BCUT2D eigenvalue weighted by Gasteiger charge is 2.31. The summed E-state index contributed by atoms with van der Waals surface area (Å²) in [6.07, 6.45) is 1.93. The Morgan fingerprint density at radius 2 is 2.07 bits per heavy atom. The molecule has 7 heteroatoms. The van der Waals surface area contributed by atoms with Crippen LogP contribution in [-0.4, -0.2) is 53.7 Å². The van der Waals surface area contributed by atoms with Crippen LogP contribution in [0.25, 0.3) is 0 Å². The van der Waals surface area contributed by atoms with Crippen LogP contribution in [0.1, 0.15) is 35.0 Å². The van der Waals surface area contributed by atoms with E-state index in [9.17, 15) is 9.59 Å². The Kier molecular flexibility index (Phi) is 5.09. The molecule has 1 N–H and O–H groups in total. The first kappa shape index (κ1) is 18.6. The van der Waals surface area contributed by atoms with E-state index < -0.39 is 12.1 Å². The van der Waals surface area contributed by atoms with Crippen molar-refractivity contribution in [3.63, 3.8) is 0 Å². The van der Waals surface area contributed by atoms with Crippen molar-refractivity contribution in [1.29, 1.82) is 0 Å². The smallest absolute Gasteiger partial charge is 0.306 e. The van der Waals surface area contributed by atoms with Gasteiger partial charge >= 0.3 is 5.97 Å². The summed E-state index contributed by atoms with van der Waals surface area (Å²) >= 11 is 0. The highest BCUT2D eigenvalue weighted by Crippen LogP contribution is 2.33. The SMILES string of the molecule is CC1Cc2ccccc2N1Cc1ccoc1C(=O)N1CCOC(CC(=O)O)C1. The maximum atomic E-state index is 13.0. The zero-order valence-corrected chi connectivity index (χ0v) is 15.8. The van der Waals surface area contributed by atoms with E-state index in [1.807, 2.05) is 18.2 Å². The van der Waals surface area contributed by atoms with Crippen molar-refractivity contribution in [1.82, 2.24) is 4.90 Å². The van der Waals surface area contributed by atoms with E-state index in [0.717, 1.165) is 12.0 Å². The Hall–Kier alpha value is -2.80. The van der Waals surface area contributed by atoms with E-state index >= 15 is 0 Å².